The van der Waals surface area contributed by atoms with Gasteiger partial charge in [-0.15, -0.1) is 0 Å². The van der Waals surface area contributed by atoms with Crippen LogP contribution in [0.1, 0.15) is 33.1 Å². The molecular formula is C12H18N2O3. The minimum Gasteiger partial charge on any atom is -0.481 e. The molecule has 1 unspecified atom stereocenters. The monoisotopic (exact) mass is 238 g/mol. The first-order chi connectivity index (χ1) is 7.85. The van der Waals surface area contributed by atoms with Gasteiger partial charge in [-0.05, 0) is 26.7 Å². The molecule has 1 N–H and O–H groups in total. The van der Waals surface area contributed by atoms with Gasteiger partial charge in [0.05, 0.1) is 17.4 Å². The number of piperidine rings is 1. The molecule has 1 aliphatic rings. The molecule has 0 aromatic rings. The summed E-state index contributed by atoms with van der Waals surface area (Å²) in [4.78, 5) is 24.1. The van der Waals surface area contributed by atoms with Crippen LogP contribution in [0.15, 0.2) is 0 Å². The van der Waals surface area contributed by atoms with E-state index < -0.39 is 17.3 Å². The lowest BCUT2D eigenvalue weighted by atomic mass is 9.90. The van der Waals surface area contributed by atoms with E-state index in [1.807, 2.05) is 13.8 Å². The van der Waals surface area contributed by atoms with Crippen LogP contribution in [-0.4, -0.2) is 35.0 Å². The van der Waals surface area contributed by atoms with Crippen molar-refractivity contribution in [3.8, 4) is 6.07 Å². The van der Waals surface area contributed by atoms with E-state index in [1.165, 1.54) is 0 Å². The lowest BCUT2D eigenvalue weighted by Crippen LogP contribution is -2.43. The van der Waals surface area contributed by atoms with Crippen molar-refractivity contribution in [2.24, 2.45) is 11.3 Å². The molecule has 1 atom stereocenters. The predicted octanol–water partition coefficient (Wildman–Crippen LogP) is 1.25. The minimum atomic E-state index is -0.845. The molecule has 0 radical (unpaired) electrons. The molecule has 1 saturated heterocycles. The molecule has 5 nitrogen and oxygen atoms in total. The van der Waals surface area contributed by atoms with Crippen molar-refractivity contribution in [3.05, 3.63) is 0 Å². The van der Waals surface area contributed by atoms with Gasteiger partial charge in [0.2, 0.25) is 5.91 Å². The van der Waals surface area contributed by atoms with Gasteiger partial charge in [-0.1, -0.05) is 0 Å². The third-order valence-corrected chi connectivity index (χ3v) is 3.16. The van der Waals surface area contributed by atoms with E-state index in [1.54, 1.807) is 4.90 Å². The highest BCUT2D eigenvalue weighted by Gasteiger charge is 2.30. The highest BCUT2D eigenvalue weighted by molar-refractivity contribution is 5.80. The summed E-state index contributed by atoms with van der Waals surface area (Å²) in [5, 5.41) is 17.8. The molecule has 1 heterocycles. The maximum Gasteiger partial charge on any atom is 0.308 e. The second-order valence-corrected chi connectivity index (χ2v) is 5.16. The van der Waals surface area contributed by atoms with Crippen LogP contribution in [-0.2, 0) is 9.59 Å². The van der Waals surface area contributed by atoms with Crippen molar-refractivity contribution in [3.63, 3.8) is 0 Å². The third-order valence-electron chi connectivity index (χ3n) is 3.16. The van der Waals surface area contributed by atoms with E-state index in [4.69, 9.17) is 10.4 Å². The highest BCUT2D eigenvalue weighted by atomic mass is 16.4. The summed E-state index contributed by atoms with van der Waals surface area (Å²) in [5.41, 5.74) is -0.476. The second-order valence-electron chi connectivity index (χ2n) is 5.16. The first-order valence-electron chi connectivity index (χ1n) is 5.77. The van der Waals surface area contributed by atoms with Crippen LogP contribution < -0.4 is 0 Å². The molecule has 0 aliphatic carbocycles. The molecule has 0 bridgehead atoms. The van der Waals surface area contributed by atoms with Gasteiger partial charge in [0.15, 0.2) is 0 Å². The Morgan fingerprint density at radius 3 is 2.82 bits per heavy atom. The number of aliphatic carboxylic acids is 1. The number of carbonyl (C=O) groups excluding carboxylic acids is 1. The molecule has 1 aliphatic heterocycles. The number of carboxylic acids is 1. The minimum absolute atomic E-state index is 0.00348. The number of amides is 1. The summed E-state index contributed by atoms with van der Waals surface area (Å²) in [7, 11) is 0. The highest BCUT2D eigenvalue weighted by Crippen LogP contribution is 2.23. The first-order valence-corrected chi connectivity index (χ1v) is 5.77. The average molecular weight is 238 g/mol. The predicted molar refractivity (Wildman–Crippen MR) is 61.0 cm³/mol. The Balaban J connectivity index is 2.54. The fourth-order valence-electron chi connectivity index (χ4n) is 1.80. The van der Waals surface area contributed by atoms with Gasteiger partial charge in [-0.25, -0.2) is 0 Å². The number of hydrogen-bond acceptors (Lipinski definition) is 3. The lowest BCUT2D eigenvalue weighted by molar-refractivity contribution is -0.147. The van der Waals surface area contributed by atoms with E-state index in [-0.39, 0.29) is 12.5 Å². The Morgan fingerprint density at radius 2 is 2.29 bits per heavy atom. The normalized spacial score (nSPS) is 21.1. The average Bonchev–Trinajstić information content (AvgIpc) is 2.27. The zero-order chi connectivity index (χ0) is 13.1. The second kappa shape index (κ2) is 5.17. The molecule has 1 amide bonds. The van der Waals surface area contributed by atoms with Crippen molar-refractivity contribution in [1.82, 2.24) is 4.90 Å². The Labute approximate surface area is 101 Å². The zero-order valence-electron chi connectivity index (χ0n) is 10.3. The van der Waals surface area contributed by atoms with Crippen molar-refractivity contribution in [2.45, 2.75) is 33.1 Å². The van der Waals surface area contributed by atoms with Gasteiger partial charge in [0.1, 0.15) is 0 Å². The molecule has 17 heavy (non-hydrogen) atoms. The maximum atomic E-state index is 11.6. The van der Waals surface area contributed by atoms with Crippen LogP contribution >= 0.6 is 0 Å². The molecule has 1 rings (SSSR count). The standard InChI is InChI=1S/C12H18N2O3/c1-12(2,8-13)5-6-14-7-9(11(16)17)3-4-10(14)15/h9H,3-7H2,1-2H3,(H,16,17). The van der Waals surface area contributed by atoms with E-state index in [2.05, 4.69) is 6.07 Å². The summed E-state index contributed by atoms with van der Waals surface area (Å²) in [5.74, 6) is -1.31. The topological polar surface area (TPSA) is 81.4 Å². The Hall–Kier alpha value is -1.57. The summed E-state index contributed by atoms with van der Waals surface area (Å²) < 4.78 is 0. The largest absolute Gasteiger partial charge is 0.481 e. The van der Waals surface area contributed by atoms with Crippen LogP contribution in [0.4, 0.5) is 0 Å². The number of carboxylic acid groups (broad SMARTS) is 1. The van der Waals surface area contributed by atoms with Crippen molar-refractivity contribution in [1.29, 1.82) is 5.26 Å². The number of nitrogens with zero attached hydrogens (tertiary/aromatic N) is 2. The van der Waals surface area contributed by atoms with Crippen molar-refractivity contribution in [2.75, 3.05) is 13.1 Å². The number of rotatable bonds is 4. The van der Waals surface area contributed by atoms with Gasteiger partial charge in [-0.3, -0.25) is 9.59 Å². The third kappa shape index (κ3) is 3.74. The number of likely N-dealkylation sites (tertiary alicyclic amines) is 1. The van der Waals surface area contributed by atoms with Gasteiger partial charge >= 0.3 is 5.97 Å². The van der Waals surface area contributed by atoms with E-state index in [0.29, 0.717) is 25.8 Å². The molecule has 0 saturated carbocycles. The number of nitriles is 1. The molecule has 94 valence electrons. The van der Waals surface area contributed by atoms with Crippen LogP contribution in [0.25, 0.3) is 0 Å². The van der Waals surface area contributed by atoms with Gasteiger partial charge in [0, 0.05) is 19.5 Å². The van der Waals surface area contributed by atoms with Crippen LogP contribution in [0.2, 0.25) is 0 Å². The van der Waals surface area contributed by atoms with Gasteiger partial charge < -0.3 is 10.0 Å². The Bertz CT molecular complexity index is 357. The van der Waals surface area contributed by atoms with Crippen LogP contribution in [0, 0.1) is 22.7 Å². The summed E-state index contributed by atoms with van der Waals surface area (Å²) in [6, 6.07) is 2.18. The van der Waals surface area contributed by atoms with Gasteiger partial charge in [-0.2, -0.15) is 5.26 Å². The van der Waals surface area contributed by atoms with Crippen LogP contribution in [0.5, 0.6) is 0 Å². The quantitative estimate of drug-likeness (QED) is 0.799. The summed E-state index contributed by atoms with van der Waals surface area (Å²) in [6.07, 6.45) is 1.29. The van der Waals surface area contributed by atoms with Crippen molar-refractivity contribution < 1.29 is 14.7 Å². The Kier molecular flexibility index (Phi) is 4.11. The van der Waals surface area contributed by atoms with E-state index >= 15 is 0 Å². The number of hydrogen-bond donors (Lipinski definition) is 1. The smallest absolute Gasteiger partial charge is 0.308 e. The van der Waals surface area contributed by atoms with E-state index in [9.17, 15) is 9.59 Å². The zero-order valence-corrected chi connectivity index (χ0v) is 10.3. The summed E-state index contributed by atoms with van der Waals surface area (Å²) >= 11 is 0. The van der Waals surface area contributed by atoms with E-state index in [0.717, 1.165) is 0 Å². The summed E-state index contributed by atoms with van der Waals surface area (Å²) in [6.45, 7) is 4.37. The fourth-order valence-corrected chi connectivity index (χ4v) is 1.80. The Morgan fingerprint density at radius 1 is 1.65 bits per heavy atom. The van der Waals surface area contributed by atoms with Crippen LogP contribution in [0.3, 0.4) is 0 Å². The number of carbonyl (C=O) groups is 2. The molecule has 1 fully saturated rings. The van der Waals surface area contributed by atoms with Crippen molar-refractivity contribution >= 4 is 11.9 Å². The SMILES string of the molecule is CC(C)(C#N)CCN1CC(C(=O)O)CCC1=O. The lowest BCUT2D eigenvalue weighted by Gasteiger charge is -2.32. The maximum absolute atomic E-state index is 11.6. The molecule has 0 aromatic carbocycles. The fraction of sp³-hybridized carbons (Fsp3) is 0.750. The molecule has 5 heteroatoms. The molecule has 0 spiro atoms. The molecule has 0 aromatic heterocycles. The first kappa shape index (κ1) is 13.5. The molecular weight excluding hydrogens is 220 g/mol. The van der Waals surface area contributed by atoms with Gasteiger partial charge in [0.25, 0.3) is 0 Å².